The van der Waals surface area contributed by atoms with Crippen LogP contribution in [-0.2, 0) is 65.1 Å². The lowest BCUT2D eigenvalue weighted by Gasteiger charge is -2.45. The lowest BCUT2D eigenvalue weighted by molar-refractivity contribution is -0.178. The van der Waals surface area contributed by atoms with E-state index in [0.29, 0.717) is 33.0 Å². The van der Waals surface area contributed by atoms with Gasteiger partial charge in [0.2, 0.25) is 16.6 Å². The monoisotopic (exact) mass is 911 g/mol. The van der Waals surface area contributed by atoms with E-state index in [1.165, 1.54) is 12.5 Å². The summed E-state index contributed by atoms with van der Waals surface area (Å²) in [5.41, 5.74) is 1.53. The molecule has 13 heteroatoms. The molecule has 0 N–H and O–H groups in total. The van der Waals surface area contributed by atoms with E-state index >= 15 is 0 Å². The van der Waals surface area contributed by atoms with Crippen LogP contribution < -0.4 is 4.74 Å². The highest BCUT2D eigenvalue weighted by atomic mass is 28.4. The lowest BCUT2D eigenvalue weighted by Crippen LogP contribution is -2.60. The van der Waals surface area contributed by atoms with E-state index in [0.717, 1.165) is 41.7 Å². The highest BCUT2D eigenvalue weighted by molar-refractivity contribution is 6.74. The number of ether oxygens (including phenoxy) is 8. The molecule has 1 rings (SSSR count). The number of carbonyl (C=O) groups is 1. The Morgan fingerprint density at radius 3 is 1.50 bits per heavy atom. The summed E-state index contributed by atoms with van der Waals surface area (Å²) in [7, 11) is -4.75. The van der Waals surface area contributed by atoms with Gasteiger partial charge in [-0.25, -0.2) is 0 Å². The minimum atomic E-state index is -2.38. The van der Waals surface area contributed by atoms with Crippen LogP contribution in [0.3, 0.4) is 0 Å². The van der Waals surface area contributed by atoms with Crippen LogP contribution in [0.15, 0.2) is 37.8 Å². The molecule has 0 fully saturated rings. The van der Waals surface area contributed by atoms with Crippen molar-refractivity contribution in [2.45, 2.75) is 202 Å². The molecule has 360 valence electrons. The standard InChI is InChI=1S/C49H90O11Si2/c1-23-48(17,61(19,20)59-46(13,14)35-51-25-3)55-29-27-53-37(5)57-42(50)33-39-31-40(34-44(7,8)9)43(41(32-39)45(10,11)12)58-38(6)54-28-30-56-49(18,24-2)62(21,22)60-47(15,16)36-52-26-4/h25-26,31-32,37-38H,3-4,23-24,27-30,33-36H2,1-2,5-22H3. The Bertz CT molecular complexity index is 1550. The number of hydrogen-bond acceptors (Lipinski definition) is 11. The van der Waals surface area contributed by atoms with Crippen LogP contribution in [-0.4, -0.2) is 96.5 Å². The van der Waals surface area contributed by atoms with Crippen molar-refractivity contribution >= 4 is 22.6 Å². The molecule has 0 heterocycles. The maximum absolute atomic E-state index is 13.4. The molecule has 62 heavy (non-hydrogen) atoms. The molecule has 0 saturated carbocycles. The lowest BCUT2D eigenvalue weighted by atomic mass is 9.80. The minimum absolute atomic E-state index is 0.0572. The van der Waals surface area contributed by atoms with Crippen molar-refractivity contribution in [1.82, 2.24) is 0 Å². The van der Waals surface area contributed by atoms with Gasteiger partial charge in [0.1, 0.15) is 19.0 Å². The third-order valence-corrected chi connectivity index (χ3v) is 19.7. The number of hydrogen-bond donors (Lipinski definition) is 0. The summed E-state index contributed by atoms with van der Waals surface area (Å²) in [6, 6.07) is 4.13. The molecule has 0 radical (unpaired) electrons. The number of esters is 1. The van der Waals surface area contributed by atoms with E-state index in [-0.39, 0.29) is 29.8 Å². The van der Waals surface area contributed by atoms with Crippen LogP contribution in [0.1, 0.15) is 140 Å². The first kappa shape index (κ1) is 57.8. The summed E-state index contributed by atoms with van der Waals surface area (Å²) in [5.74, 6) is 0.405. The van der Waals surface area contributed by atoms with Gasteiger partial charge >= 0.3 is 5.97 Å². The Morgan fingerprint density at radius 2 is 1.11 bits per heavy atom. The molecule has 0 aliphatic rings. The van der Waals surface area contributed by atoms with Crippen LogP contribution >= 0.6 is 0 Å². The normalized spacial score (nSPS) is 16.1. The summed E-state index contributed by atoms with van der Waals surface area (Å²) in [5, 5.41) is -0.929. The second-order valence-corrected chi connectivity index (χ2v) is 29.9. The smallest absolute Gasteiger partial charge is 0.312 e. The Kier molecular flexibility index (Phi) is 22.2. The molecule has 1 aromatic carbocycles. The van der Waals surface area contributed by atoms with E-state index in [1.54, 1.807) is 6.92 Å². The van der Waals surface area contributed by atoms with Gasteiger partial charge in [-0.2, -0.15) is 0 Å². The predicted molar refractivity (Wildman–Crippen MR) is 256 cm³/mol. The second kappa shape index (κ2) is 23.8. The van der Waals surface area contributed by atoms with Gasteiger partial charge < -0.3 is 46.7 Å². The van der Waals surface area contributed by atoms with Gasteiger partial charge in [-0.3, -0.25) is 4.79 Å². The Morgan fingerprint density at radius 1 is 0.677 bits per heavy atom. The van der Waals surface area contributed by atoms with Crippen LogP contribution in [0.5, 0.6) is 5.75 Å². The molecule has 11 nitrogen and oxygen atoms in total. The van der Waals surface area contributed by atoms with Gasteiger partial charge in [0.15, 0.2) is 12.6 Å². The van der Waals surface area contributed by atoms with Crippen LogP contribution in [0.25, 0.3) is 0 Å². The van der Waals surface area contributed by atoms with Gasteiger partial charge in [-0.15, -0.1) is 0 Å². The fourth-order valence-corrected chi connectivity index (χ4v) is 13.3. The van der Waals surface area contributed by atoms with E-state index in [4.69, 9.17) is 46.7 Å². The number of rotatable bonds is 30. The first-order valence-corrected chi connectivity index (χ1v) is 28.4. The largest absolute Gasteiger partial charge is 0.499 e. The highest BCUT2D eigenvalue weighted by Crippen LogP contribution is 2.40. The quantitative estimate of drug-likeness (QED) is 0.0242. The Labute approximate surface area is 380 Å². The highest BCUT2D eigenvalue weighted by Gasteiger charge is 2.49. The third kappa shape index (κ3) is 19.1. The molecular formula is C49H90O11Si2. The molecule has 4 unspecified atom stereocenters. The van der Waals surface area contributed by atoms with Crippen molar-refractivity contribution in [2.24, 2.45) is 5.41 Å². The summed E-state index contributed by atoms with van der Waals surface area (Å²) in [6.45, 7) is 51.4. The summed E-state index contributed by atoms with van der Waals surface area (Å²) >= 11 is 0. The third-order valence-electron chi connectivity index (χ3n) is 11.5. The fourth-order valence-electron chi connectivity index (χ4n) is 7.42. The summed E-state index contributed by atoms with van der Waals surface area (Å²) in [4.78, 5) is 13.4. The Hall–Kier alpha value is -2.24. The van der Waals surface area contributed by atoms with Crippen molar-refractivity contribution in [3.8, 4) is 5.75 Å². The van der Waals surface area contributed by atoms with E-state index in [9.17, 15) is 4.79 Å². The zero-order chi connectivity index (χ0) is 48.0. The molecule has 0 bridgehead atoms. The molecule has 0 aliphatic carbocycles. The average molecular weight is 911 g/mol. The van der Waals surface area contributed by atoms with Gasteiger partial charge in [-0.05, 0) is 123 Å². The molecule has 0 aromatic heterocycles. The van der Waals surface area contributed by atoms with Crippen LogP contribution in [0.4, 0.5) is 0 Å². The fraction of sp³-hybridized carbons (Fsp3) is 0.776. The molecule has 0 aliphatic heterocycles. The maximum atomic E-state index is 13.4. The van der Waals surface area contributed by atoms with Crippen molar-refractivity contribution in [1.29, 1.82) is 0 Å². The SMILES string of the molecule is C=COCC(C)(C)O[Si](C)(C)C(C)(CC)OCCOC(C)OC(=O)Cc1cc(CC(C)(C)C)c(OC(C)OCCOC(C)(CC)[Si](C)(C)OC(C)(C)COC=C)c(C(C)(C)C)c1. The van der Waals surface area contributed by atoms with Crippen molar-refractivity contribution in [2.75, 3.05) is 39.6 Å². The van der Waals surface area contributed by atoms with Gasteiger partial charge in [0, 0.05) is 5.56 Å². The molecule has 1 aromatic rings. The zero-order valence-electron chi connectivity index (χ0n) is 42.9. The first-order valence-electron chi connectivity index (χ1n) is 22.6. The number of carbonyl (C=O) groups excluding carboxylic acids is 1. The van der Waals surface area contributed by atoms with Crippen molar-refractivity contribution in [3.05, 3.63) is 54.5 Å². The topological polar surface area (TPSA) is 109 Å². The molecule has 4 atom stereocenters. The predicted octanol–water partition coefficient (Wildman–Crippen LogP) is 11.5. The maximum Gasteiger partial charge on any atom is 0.312 e. The first-order chi connectivity index (χ1) is 28.2. The van der Waals surface area contributed by atoms with Gasteiger partial charge in [-0.1, -0.05) is 80.7 Å². The molecule has 0 spiro atoms. The van der Waals surface area contributed by atoms with Crippen LogP contribution in [0.2, 0.25) is 26.2 Å². The average Bonchev–Trinajstić information content (AvgIpc) is 3.12. The molecule has 0 saturated heterocycles. The van der Waals surface area contributed by atoms with E-state index in [1.807, 2.05) is 34.6 Å². The van der Waals surface area contributed by atoms with Crippen LogP contribution in [0, 0.1) is 5.41 Å². The molecule has 0 amide bonds. The van der Waals surface area contributed by atoms with Gasteiger partial charge in [0.05, 0.1) is 67.0 Å². The van der Waals surface area contributed by atoms with E-state index in [2.05, 4.69) is 121 Å². The summed E-state index contributed by atoms with van der Waals surface area (Å²) in [6.07, 6.45) is 3.96. The zero-order valence-corrected chi connectivity index (χ0v) is 44.9. The minimum Gasteiger partial charge on any atom is -0.499 e. The summed E-state index contributed by atoms with van der Waals surface area (Å²) < 4.78 is 61.8. The second-order valence-electron chi connectivity index (χ2n) is 21.3. The van der Waals surface area contributed by atoms with E-state index < -0.39 is 50.9 Å². The number of benzene rings is 1. The van der Waals surface area contributed by atoms with Gasteiger partial charge in [0.25, 0.3) is 0 Å². The van der Waals surface area contributed by atoms with Crippen molar-refractivity contribution in [3.63, 3.8) is 0 Å². The van der Waals surface area contributed by atoms with Crippen molar-refractivity contribution < 1.29 is 51.5 Å². The Balaban J connectivity index is 3.07. The molecular weight excluding hydrogens is 821 g/mol.